The maximum absolute atomic E-state index is 11.2. The van der Waals surface area contributed by atoms with Gasteiger partial charge in [-0.3, -0.25) is 23.2 Å². The molecule has 12 nitrogen and oxygen atoms in total. The number of imide groups is 1. The Hall–Kier alpha value is -1.13. The van der Waals surface area contributed by atoms with Gasteiger partial charge in [0.15, 0.2) is 0 Å². The van der Waals surface area contributed by atoms with E-state index in [0.29, 0.717) is 0 Å². The lowest BCUT2D eigenvalue weighted by atomic mass is 10.3. The van der Waals surface area contributed by atoms with E-state index in [1.54, 1.807) is 0 Å². The van der Waals surface area contributed by atoms with Gasteiger partial charge in [0.1, 0.15) is 0 Å². The van der Waals surface area contributed by atoms with E-state index in [1.807, 2.05) is 0 Å². The molecule has 0 aromatic rings. The first kappa shape index (κ1) is 15.9. The summed E-state index contributed by atoms with van der Waals surface area (Å²) in [5, 5.41) is -1.29. The summed E-state index contributed by atoms with van der Waals surface area (Å²) in [6.45, 7) is 0. The number of rotatable bonds is 3. The molecule has 1 aliphatic heterocycles. The van der Waals surface area contributed by atoms with Crippen molar-refractivity contribution in [2.45, 2.75) is 9.33 Å². The van der Waals surface area contributed by atoms with Crippen LogP contribution in [-0.4, -0.2) is 60.1 Å². The van der Waals surface area contributed by atoms with Crippen molar-refractivity contribution in [1.29, 1.82) is 0 Å². The zero-order valence-electron chi connectivity index (χ0n) is 8.36. The van der Waals surface area contributed by atoms with E-state index in [2.05, 4.69) is 5.32 Å². The summed E-state index contributed by atoms with van der Waals surface area (Å²) >= 11 is 0. The number of amides is 2. The predicted molar refractivity (Wildman–Crippen MR) is 53.3 cm³/mol. The van der Waals surface area contributed by atoms with Crippen molar-refractivity contribution in [2.24, 2.45) is 0 Å². The minimum atomic E-state index is -6.18. The van der Waals surface area contributed by atoms with Crippen LogP contribution in [0.4, 0.5) is 0 Å². The number of hydrogen-bond donors (Lipinski definition) is 3. The number of carbonyl (C=O) groups is 2. The molecule has 1 radical (unpaired) electrons. The van der Waals surface area contributed by atoms with Crippen molar-refractivity contribution < 1.29 is 48.5 Å². The van der Waals surface area contributed by atoms with Crippen LogP contribution in [0.2, 0.25) is 0 Å². The molecule has 1 atom stereocenters. The molecule has 19 heavy (non-hydrogen) atoms. The van der Waals surface area contributed by atoms with Gasteiger partial charge in [0.2, 0.25) is 5.25 Å². The fourth-order valence-corrected chi connectivity index (χ4v) is 6.06. The van der Waals surface area contributed by atoms with Gasteiger partial charge in [-0.1, -0.05) is 0 Å². The third kappa shape index (κ3) is 2.03. The fraction of sp³-hybridized carbons (Fsp3) is 0.500. The smallest absolute Gasteiger partial charge is 0.285 e. The molecule has 1 aliphatic rings. The van der Waals surface area contributed by atoms with E-state index in [-0.39, 0.29) is 0 Å². The van der Waals surface area contributed by atoms with Gasteiger partial charge in [-0.05, 0) is 0 Å². The van der Waals surface area contributed by atoms with Crippen LogP contribution in [0.3, 0.4) is 0 Å². The van der Waals surface area contributed by atoms with Crippen LogP contribution in [0.5, 0.6) is 0 Å². The molecule has 2 amide bonds. The molecular weight excluding hydrogens is 334 g/mol. The van der Waals surface area contributed by atoms with Crippen molar-refractivity contribution >= 4 is 42.2 Å². The molecule has 109 valence electrons. The first-order valence-electron chi connectivity index (χ1n) is 3.87. The molecule has 0 spiro atoms. The average Bonchev–Trinajstić information content (AvgIpc) is 2.33. The highest BCUT2D eigenvalue weighted by Crippen LogP contribution is 2.36. The van der Waals surface area contributed by atoms with Gasteiger partial charge < -0.3 is 0 Å². The van der Waals surface area contributed by atoms with Gasteiger partial charge >= 0.3 is 4.08 Å². The second-order valence-corrected chi connectivity index (χ2v) is 8.22. The molecular formula is C4H4NO11S3. The van der Waals surface area contributed by atoms with Crippen LogP contribution in [0.15, 0.2) is 0 Å². The highest BCUT2D eigenvalue weighted by Gasteiger charge is 2.77. The molecule has 0 bridgehead atoms. The molecule has 0 aliphatic carbocycles. The van der Waals surface area contributed by atoms with E-state index in [1.165, 1.54) is 0 Å². The number of hydrogen-bond acceptors (Lipinski definition) is 8. The van der Waals surface area contributed by atoms with E-state index < -0.39 is 51.5 Å². The molecule has 1 rings (SSSR count). The largest absolute Gasteiger partial charge is 0.329 e. The molecule has 1 unspecified atom stereocenters. The van der Waals surface area contributed by atoms with E-state index >= 15 is 0 Å². The summed E-state index contributed by atoms with van der Waals surface area (Å²) in [5.41, 5.74) is 0. The lowest BCUT2D eigenvalue weighted by molar-refractivity contribution is -0.125. The monoisotopic (exact) mass is 338 g/mol. The van der Waals surface area contributed by atoms with Crippen LogP contribution < -0.4 is 5.32 Å². The molecule has 3 N–H and O–H groups in total. The fourth-order valence-electron chi connectivity index (χ4n) is 1.46. The molecule has 0 aromatic carbocycles. The number of nitrogens with zero attached hydrogens (tertiary/aromatic N) is 1. The molecule has 1 heterocycles. The quantitative estimate of drug-likeness (QED) is 0.337. The van der Waals surface area contributed by atoms with E-state index in [9.17, 15) is 34.8 Å². The van der Waals surface area contributed by atoms with E-state index in [4.69, 9.17) is 13.7 Å². The summed E-state index contributed by atoms with van der Waals surface area (Å²) in [5.74, 6) is -4.62. The maximum atomic E-state index is 11.2. The summed E-state index contributed by atoms with van der Waals surface area (Å²) in [6.07, 6.45) is 0. The molecule has 0 aromatic heterocycles. The standard InChI is InChI=1S/C4H4NO11S3/c6-2-1(17(8,9)10)4(3(7)5-2,18(11,12)13)19(14,15)16/h1H,(H,8,9,10)(H,11,12,13)(H,14,15,16). The van der Waals surface area contributed by atoms with Gasteiger partial charge in [0.25, 0.3) is 42.2 Å². The van der Waals surface area contributed by atoms with Crippen LogP contribution in [-0.2, 0) is 39.9 Å². The highest BCUT2D eigenvalue weighted by atomic mass is 32.3. The lowest BCUT2D eigenvalue weighted by Crippen LogP contribution is -2.60. The van der Waals surface area contributed by atoms with Crippen molar-refractivity contribution in [2.75, 3.05) is 0 Å². The summed E-state index contributed by atoms with van der Waals surface area (Å²) in [4.78, 5) is 22.3. The van der Waals surface area contributed by atoms with Gasteiger partial charge in [-0.25, -0.2) is 0 Å². The second kappa shape index (κ2) is 3.93. The Morgan fingerprint density at radius 2 is 1.26 bits per heavy atom. The minimum absolute atomic E-state index is 2.16. The summed E-state index contributed by atoms with van der Waals surface area (Å²) in [6, 6.07) is 0. The Morgan fingerprint density at radius 3 is 1.47 bits per heavy atom. The Balaban J connectivity index is 4.02. The van der Waals surface area contributed by atoms with Crippen molar-refractivity contribution in [3.63, 3.8) is 0 Å². The first-order valence-corrected chi connectivity index (χ1v) is 8.26. The van der Waals surface area contributed by atoms with Crippen LogP contribution in [0.1, 0.15) is 0 Å². The Bertz CT molecular complexity index is 723. The molecule has 1 saturated heterocycles. The Labute approximate surface area is 106 Å². The van der Waals surface area contributed by atoms with Gasteiger partial charge in [0.05, 0.1) is 0 Å². The average molecular weight is 338 g/mol. The lowest BCUT2D eigenvalue weighted by Gasteiger charge is -2.22. The van der Waals surface area contributed by atoms with Crippen LogP contribution in [0, 0.1) is 0 Å². The van der Waals surface area contributed by atoms with Crippen molar-refractivity contribution in [1.82, 2.24) is 5.32 Å². The zero-order chi connectivity index (χ0) is 15.4. The van der Waals surface area contributed by atoms with Crippen molar-refractivity contribution in [3.8, 4) is 0 Å². The van der Waals surface area contributed by atoms with Gasteiger partial charge in [-0.15, -0.1) is 0 Å². The van der Waals surface area contributed by atoms with Gasteiger partial charge in [-0.2, -0.15) is 30.6 Å². The summed E-state index contributed by atoms with van der Waals surface area (Å²) in [7, 11) is -18.2. The molecule has 0 saturated carbocycles. The Kier molecular flexibility index (Phi) is 3.30. The maximum Gasteiger partial charge on any atom is 0.329 e. The van der Waals surface area contributed by atoms with Gasteiger partial charge in [0, 0.05) is 0 Å². The number of carbonyl (C=O) groups excluding carboxylic acids is 2. The van der Waals surface area contributed by atoms with E-state index in [0.717, 1.165) is 0 Å². The second-order valence-electron chi connectivity index (χ2n) is 3.27. The molecule has 1 fully saturated rings. The minimum Gasteiger partial charge on any atom is -0.285 e. The third-order valence-corrected chi connectivity index (χ3v) is 7.21. The van der Waals surface area contributed by atoms with Crippen LogP contribution >= 0.6 is 0 Å². The highest BCUT2D eigenvalue weighted by molar-refractivity contribution is 8.08. The van der Waals surface area contributed by atoms with Crippen LogP contribution in [0.25, 0.3) is 0 Å². The third-order valence-electron chi connectivity index (χ3n) is 2.14. The topological polar surface area (TPSA) is 211 Å². The predicted octanol–water partition coefficient (Wildman–Crippen LogP) is -3.61. The van der Waals surface area contributed by atoms with Crippen molar-refractivity contribution in [3.05, 3.63) is 0 Å². The zero-order valence-corrected chi connectivity index (χ0v) is 10.8. The summed E-state index contributed by atoms with van der Waals surface area (Å²) < 4.78 is 87.5. The Morgan fingerprint density at radius 1 is 0.895 bits per heavy atom. The normalized spacial score (nSPS) is 24.3. The SMILES string of the molecule is O=C1[N]C(=O)C(S(=O)(=O)O)(S(=O)(=O)O)C1S(=O)(=O)O. The first-order chi connectivity index (χ1) is 8.17. The molecule has 15 heteroatoms.